The lowest BCUT2D eigenvalue weighted by molar-refractivity contribution is -0.137. The summed E-state index contributed by atoms with van der Waals surface area (Å²) in [7, 11) is 0. The summed E-state index contributed by atoms with van der Waals surface area (Å²) < 4.78 is 38.9. The van der Waals surface area contributed by atoms with Gasteiger partial charge in [0.15, 0.2) is 0 Å². The summed E-state index contributed by atoms with van der Waals surface area (Å²) in [5.41, 5.74) is -1.22. The normalized spacial score (nSPS) is 22.9. The van der Waals surface area contributed by atoms with Crippen molar-refractivity contribution in [3.63, 3.8) is 0 Å². The lowest BCUT2D eigenvalue weighted by Gasteiger charge is -2.16. The Morgan fingerprint density at radius 3 is 2.70 bits per heavy atom. The van der Waals surface area contributed by atoms with Gasteiger partial charge in [0.1, 0.15) is 0 Å². The molecule has 1 amide bonds. The molecule has 1 saturated heterocycles. The van der Waals surface area contributed by atoms with Crippen LogP contribution < -0.4 is 10.6 Å². The first-order valence-electron chi connectivity index (χ1n) is 5.86. The van der Waals surface area contributed by atoms with E-state index in [1.165, 1.54) is 12.1 Å². The molecule has 0 saturated carbocycles. The molecule has 3 N–H and O–H groups in total. The summed E-state index contributed by atoms with van der Waals surface area (Å²) in [4.78, 5) is 11.9. The van der Waals surface area contributed by atoms with Gasteiger partial charge in [-0.15, -0.1) is 0 Å². The molecule has 110 valence electrons. The van der Waals surface area contributed by atoms with Gasteiger partial charge >= 0.3 is 6.18 Å². The second kappa shape index (κ2) is 5.71. The molecular weight excluding hydrogens is 341 g/mol. The van der Waals surface area contributed by atoms with Gasteiger partial charge in [0.05, 0.1) is 23.4 Å². The van der Waals surface area contributed by atoms with Gasteiger partial charge in [0.25, 0.3) is 0 Å². The average Bonchev–Trinajstić information content (AvgIpc) is 2.77. The largest absolute Gasteiger partial charge is 0.418 e. The van der Waals surface area contributed by atoms with E-state index < -0.39 is 29.8 Å². The SMILES string of the molecule is O=C(Nc1ccc(Br)cc1C(F)(F)F)C1CC(O)CN1. The lowest BCUT2D eigenvalue weighted by atomic mass is 10.1. The molecule has 0 aromatic heterocycles. The molecule has 0 bridgehead atoms. The molecule has 2 atom stereocenters. The smallest absolute Gasteiger partial charge is 0.392 e. The van der Waals surface area contributed by atoms with Crippen LogP contribution in [0.25, 0.3) is 0 Å². The van der Waals surface area contributed by atoms with Crippen molar-refractivity contribution in [3.8, 4) is 0 Å². The standard InChI is InChI=1S/C12H12BrF3N2O2/c13-6-1-2-9(8(3-6)12(14,15)16)18-11(20)10-4-7(19)5-17-10/h1-3,7,10,17,19H,4-5H2,(H,18,20). The van der Waals surface area contributed by atoms with Crippen molar-refractivity contribution >= 4 is 27.5 Å². The van der Waals surface area contributed by atoms with Crippen molar-refractivity contribution in [1.29, 1.82) is 0 Å². The number of aliphatic hydroxyl groups is 1. The summed E-state index contributed by atoms with van der Waals surface area (Å²) >= 11 is 2.97. The number of carbonyl (C=O) groups excluding carboxylic acids is 1. The maximum atomic E-state index is 12.9. The second-order valence-electron chi connectivity index (χ2n) is 4.53. The molecule has 2 unspecified atom stereocenters. The van der Waals surface area contributed by atoms with Crippen LogP contribution >= 0.6 is 15.9 Å². The predicted molar refractivity (Wildman–Crippen MR) is 70.2 cm³/mol. The van der Waals surface area contributed by atoms with Crippen molar-refractivity contribution in [2.24, 2.45) is 0 Å². The number of nitrogens with one attached hydrogen (secondary N) is 2. The van der Waals surface area contributed by atoms with Crippen LogP contribution in [-0.4, -0.2) is 29.7 Å². The fourth-order valence-electron chi connectivity index (χ4n) is 2.00. The highest BCUT2D eigenvalue weighted by Gasteiger charge is 2.35. The van der Waals surface area contributed by atoms with Gasteiger partial charge in [-0.05, 0) is 24.6 Å². The summed E-state index contributed by atoms with van der Waals surface area (Å²) in [5.74, 6) is -0.589. The third-order valence-electron chi connectivity index (χ3n) is 2.97. The number of alkyl halides is 3. The molecule has 4 nitrogen and oxygen atoms in total. The van der Waals surface area contributed by atoms with Crippen LogP contribution in [0.3, 0.4) is 0 Å². The van der Waals surface area contributed by atoms with Crippen molar-refractivity contribution in [2.75, 3.05) is 11.9 Å². The van der Waals surface area contributed by atoms with Crippen molar-refractivity contribution in [2.45, 2.75) is 24.7 Å². The van der Waals surface area contributed by atoms with E-state index in [9.17, 15) is 23.1 Å². The van der Waals surface area contributed by atoms with Crippen LogP contribution in [-0.2, 0) is 11.0 Å². The van der Waals surface area contributed by atoms with Crippen LogP contribution in [0.5, 0.6) is 0 Å². The zero-order valence-electron chi connectivity index (χ0n) is 10.2. The fraction of sp³-hybridized carbons (Fsp3) is 0.417. The van der Waals surface area contributed by atoms with Gasteiger partial charge in [-0.3, -0.25) is 4.79 Å². The van der Waals surface area contributed by atoms with Gasteiger partial charge in [0.2, 0.25) is 5.91 Å². The summed E-state index contributed by atoms with van der Waals surface area (Å²) in [5, 5.41) is 14.3. The topological polar surface area (TPSA) is 61.4 Å². The highest BCUT2D eigenvalue weighted by atomic mass is 79.9. The number of aliphatic hydroxyl groups excluding tert-OH is 1. The maximum Gasteiger partial charge on any atom is 0.418 e. The van der Waals surface area contributed by atoms with Crippen LogP contribution in [0.2, 0.25) is 0 Å². The van der Waals surface area contributed by atoms with E-state index in [2.05, 4.69) is 26.6 Å². The molecule has 0 radical (unpaired) electrons. The first-order chi connectivity index (χ1) is 9.27. The highest BCUT2D eigenvalue weighted by Crippen LogP contribution is 2.36. The van der Waals surface area contributed by atoms with E-state index in [1.807, 2.05) is 0 Å². The number of carbonyl (C=O) groups is 1. The van der Waals surface area contributed by atoms with Crippen molar-refractivity contribution in [3.05, 3.63) is 28.2 Å². The van der Waals surface area contributed by atoms with Gasteiger partial charge < -0.3 is 15.7 Å². The fourth-order valence-corrected chi connectivity index (χ4v) is 2.36. The molecule has 8 heteroatoms. The number of hydrogen-bond donors (Lipinski definition) is 3. The number of halogens is 4. The van der Waals surface area contributed by atoms with Gasteiger partial charge in [-0.25, -0.2) is 0 Å². The molecule has 0 spiro atoms. The number of rotatable bonds is 2. The van der Waals surface area contributed by atoms with E-state index in [0.29, 0.717) is 0 Å². The average molecular weight is 353 g/mol. The van der Waals surface area contributed by atoms with E-state index in [0.717, 1.165) is 6.07 Å². The van der Waals surface area contributed by atoms with E-state index in [1.54, 1.807) is 0 Å². The molecule has 1 aromatic rings. The van der Waals surface area contributed by atoms with E-state index >= 15 is 0 Å². The van der Waals surface area contributed by atoms with E-state index in [-0.39, 0.29) is 23.1 Å². The van der Waals surface area contributed by atoms with Crippen LogP contribution in [0, 0.1) is 0 Å². The molecule has 20 heavy (non-hydrogen) atoms. The van der Waals surface area contributed by atoms with Gasteiger partial charge in [0, 0.05) is 11.0 Å². The van der Waals surface area contributed by atoms with Crippen molar-refractivity contribution in [1.82, 2.24) is 5.32 Å². The van der Waals surface area contributed by atoms with Crippen LogP contribution in [0.4, 0.5) is 18.9 Å². The minimum absolute atomic E-state index is 0.184. The molecule has 1 fully saturated rings. The van der Waals surface area contributed by atoms with Crippen LogP contribution in [0.15, 0.2) is 22.7 Å². The molecule has 1 aliphatic rings. The zero-order valence-corrected chi connectivity index (χ0v) is 11.8. The number of amides is 1. The third-order valence-corrected chi connectivity index (χ3v) is 3.46. The molecule has 1 aliphatic heterocycles. The first-order valence-corrected chi connectivity index (χ1v) is 6.65. The molecule has 1 aromatic carbocycles. The lowest BCUT2D eigenvalue weighted by Crippen LogP contribution is -2.36. The Labute approximate surface area is 121 Å². The number of benzene rings is 1. The molecule has 1 heterocycles. The monoisotopic (exact) mass is 352 g/mol. The minimum Gasteiger partial charge on any atom is -0.392 e. The summed E-state index contributed by atoms with van der Waals surface area (Å²) in [6.45, 7) is 0.255. The minimum atomic E-state index is -4.56. The quantitative estimate of drug-likeness (QED) is 0.764. The number of anilines is 1. The zero-order chi connectivity index (χ0) is 14.9. The number of hydrogen-bond acceptors (Lipinski definition) is 3. The second-order valence-corrected chi connectivity index (χ2v) is 5.44. The Morgan fingerprint density at radius 1 is 1.45 bits per heavy atom. The first kappa shape index (κ1) is 15.3. The molecular formula is C12H12BrF3N2O2. The maximum absolute atomic E-state index is 12.9. The summed E-state index contributed by atoms with van der Waals surface area (Å²) in [6, 6.07) is 2.83. The van der Waals surface area contributed by atoms with E-state index in [4.69, 9.17) is 0 Å². The molecule has 0 aliphatic carbocycles. The predicted octanol–water partition coefficient (Wildman–Crippen LogP) is 2.13. The van der Waals surface area contributed by atoms with Gasteiger partial charge in [-0.1, -0.05) is 15.9 Å². The van der Waals surface area contributed by atoms with Gasteiger partial charge in [-0.2, -0.15) is 13.2 Å². The Morgan fingerprint density at radius 2 is 2.15 bits per heavy atom. The Balaban J connectivity index is 2.19. The Hall–Kier alpha value is -1.12. The number of β-amino-alcohol motifs (C(OH)–C–C–N with tert-alkyl or cyclic N) is 1. The summed E-state index contributed by atoms with van der Waals surface area (Å²) in [6.07, 6.45) is -5.03. The Bertz CT molecular complexity index is 522. The Kier molecular flexibility index (Phi) is 4.36. The third kappa shape index (κ3) is 3.50. The van der Waals surface area contributed by atoms with Crippen LogP contribution in [0.1, 0.15) is 12.0 Å². The van der Waals surface area contributed by atoms with Crippen molar-refractivity contribution < 1.29 is 23.1 Å². The molecule has 2 rings (SSSR count). The highest BCUT2D eigenvalue weighted by molar-refractivity contribution is 9.10.